The van der Waals surface area contributed by atoms with E-state index in [4.69, 9.17) is 4.74 Å². The molecule has 6 nitrogen and oxygen atoms in total. The smallest absolute Gasteiger partial charge is 0.226 e. The van der Waals surface area contributed by atoms with Gasteiger partial charge in [0.05, 0.1) is 11.0 Å². The highest BCUT2D eigenvalue weighted by Gasteiger charge is 2.23. The fourth-order valence-electron chi connectivity index (χ4n) is 3.87. The van der Waals surface area contributed by atoms with Crippen molar-refractivity contribution in [2.75, 3.05) is 31.6 Å². The third-order valence-electron chi connectivity index (χ3n) is 5.43. The van der Waals surface area contributed by atoms with Crippen molar-refractivity contribution >= 4 is 22.9 Å². The average Bonchev–Trinajstić information content (AvgIpc) is 3.03. The molecule has 2 atom stereocenters. The number of carbonyl (C=O) groups excluding carboxylic acids is 1. The largest absolute Gasteiger partial charge is 0.382 e. The highest BCUT2D eigenvalue weighted by atomic mass is 16.5. The van der Waals surface area contributed by atoms with E-state index >= 15 is 0 Å². The summed E-state index contributed by atoms with van der Waals surface area (Å²) >= 11 is 0. The normalized spacial score (nSPS) is 18.5. The Hall–Kier alpha value is -1.92. The Kier molecular flexibility index (Phi) is 7.24. The SMILES string of the molecule is CCOCCCn1c(NC(=O)CC(C)C2CCCNC2)nc2ccccc21. The Morgan fingerprint density at radius 3 is 3.07 bits per heavy atom. The molecule has 2 N–H and O–H groups in total. The summed E-state index contributed by atoms with van der Waals surface area (Å²) in [5, 5.41) is 6.50. The summed E-state index contributed by atoms with van der Waals surface area (Å²) in [4.78, 5) is 17.3. The zero-order chi connectivity index (χ0) is 19.1. The molecule has 2 aromatic rings. The lowest BCUT2D eigenvalue weighted by atomic mass is 9.85. The van der Waals surface area contributed by atoms with Gasteiger partial charge in [0.2, 0.25) is 11.9 Å². The Balaban J connectivity index is 1.66. The number of anilines is 1. The molecule has 0 saturated carbocycles. The number of aryl methyl sites for hydroxylation is 1. The molecule has 0 radical (unpaired) electrons. The summed E-state index contributed by atoms with van der Waals surface area (Å²) in [6, 6.07) is 8.02. The Labute approximate surface area is 161 Å². The maximum Gasteiger partial charge on any atom is 0.226 e. The van der Waals surface area contributed by atoms with Crippen molar-refractivity contribution < 1.29 is 9.53 Å². The molecule has 6 heteroatoms. The molecule has 27 heavy (non-hydrogen) atoms. The van der Waals surface area contributed by atoms with Crippen molar-refractivity contribution in [1.29, 1.82) is 0 Å². The van der Waals surface area contributed by atoms with E-state index in [-0.39, 0.29) is 5.91 Å². The van der Waals surface area contributed by atoms with E-state index in [2.05, 4.69) is 33.2 Å². The van der Waals surface area contributed by atoms with E-state index < -0.39 is 0 Å². The van der Waals surface area contributed by atoms with Gasteiger partial charge in [0.25, 0.3) is 0 Å². The van der Waals surface area contributed by atoms with Crippen molar-refractivity contribution in [3.05, 3.63) is 24.3 Å². The number of rotatable bonds is 9. The van der Waals surface area contributed by atoms with Crippen molar-refractivity contribution in [2.45, 2.75) is 46.1 Å². The van der Waals surface area contributed by atoms with Crippen molar-refractivity contribution in [3.8, 4) is 0 Å². The van der Waals surface area contributed by atoms with E-state index in [1.807, 2.05) is 25.1 Å². The molecule has 1 aliphatic rings. The summed E-state index contributed by atoms with van der Waals surface area (Å²) < 4.78 is 7.55. The van der Waals surface area contributed by atoms with E-state index in [0.717, 1.165) is 43.7 Å². The number of nitrogens with one attached hydrogen (secondary N) is 2. The third kappa shape index (κ3) is 5.30. The topological polar surface area (TPSA) is 68.2 Å². The molecular formula is C21H32N4O2. The predicted molar refractivity (Wildman–Crippen MR) is 109 cm³/mol. The maximum atomic E-state index is 12.7. The molecule has 1 amide bonds. The molecule has 0 bridgehead atoms. The van der Waals surface area contributed by atoms with Crippen LogP contribution in [0.25, 0.3) is 11.0 Å². The first-order valence-corrected chi connectivity index (χ1v) is 10.2. The van der Waals surface area contributed by atoms with Crippen LogP contribution in [0.1, 0.15) is 39.5 Å². The summed E-state index contributed by atoms with van der Waals surface area (Å²) in [6.45, 7) is 8.51. The van der Waals surface area contributed by atoms with Crippen LogP contribution in [-0.2, 0) is 16.1 Å². The fourth-order valence-corrected chi connectivity index (χ4v) is 3.87. The molecule has 0 aliphatic carbocycles. The molecule has 148 valence electrons. The summed E-state index contributed by atoms with van der Waals surface area (Å²) in [5.41, 5.74) is 1.96. The van der Waals surface area contributed by atoms with Crippen LogP contribution in [0.15, 0.2) is 24.3 Å². The highest BCUT2D eigenvalue weighted by Crippen LogP contribution is 2.24. The van der Waals surface area contributed by atoms with Crippen LogP contribution in [-0.4, -0.2) is 41.8 Å². The molecule has 0 spiro atoms. The number of hydrogen-bond acceptors (Lipinski definition) is 4. The van der Waals surface area contributed by atoms with Crippen LogP contribution in [0.5, 0.6) is 0 Å². The summed E-state index contributed by atoms with van der Waals surface area (Å²) in [6.07, 6.45) is 3.83. The van der Waals surface area contributed by atoms with Gasteiger partial charge < -0.3 is 14.6 Å². The van der Waals surface area contributed by atoms with Gasteiger partial charge in [0.15, 0.2) is 0 Å². The van der Waals surface area contributed by atoms with Crippen LogP contribution < -0.4 is 10.6 Å². The molecular weight excluding hydrogens is 340 g/mol. The Morgan fingerprint density at radius 2 is 2.30 bits per heavy atom. The second-order valence-corrected chi connectivity index (χ2v) is 7.46. The predicted octanol–water partition coefficient (Wildman–Crippen LogP) is 3.43. The van der Waals surface area contributed by atoms with Crippen LogP contribution in [0.3, 0.4) is 0 Å². The Morgan fingerprint density at radius 1 is 1.44 bits per heavy atom. The molecule has 2 heterocycles. The van der Waals surface area contributed by atoms with Crippen molar-refractivity contribution in [2.24, 2.45) is 11.8 Å². The number of benzene rings is 1. The van der Waals surface area contributed by atoms with E-state index in [1.54, 1.807) is 0 Å². The van der Waals surface area contributed by atoms with Gasteiger partial charge >= 0.3 is 0 Å². The standard InChI is InChI=1S/C21H32N4O2/c1-3-27-13-7-12-25-19-10-5-4-9-18(19)23-21(25)24-20(26)14-16(2)17-8-6-11-22-15-17/h4-5,9-10,16-17,22H,3,6-8,11-15H2,1-2H3,(H,23,24,26). The van der Waals surface area contributed by atoms with Crippen LogP contribution in [0.4, 0.5) is 5.95 Å². The number of carbonyl (C=O) groups is 1. The monoisotopic (exact) mass is 372 g/mol. The minimum Gasteiger partial charge on any atom is -0.382 e. The Bertz CT molecular complexity index is 737. The maximum absolute atomic E-state index is 12.7. The van der Waals surface area contributed by atoms with E-state index in [0.29, 0.717) is 30.8 Å². The first kappa shape index (κ1) is 19.8. The quantitative estimate of drug-likeness (QED) is 0.662. The number of aromatic nitrogens is 2. The first-order valence-electron chi connectivity index (χ1n) is 10.2. The molecule has 1 aliphatic heterocycles. The fraction of sp³-hybridized carbons (Fsp3) is 0.619. The molecule has 3 rings (SSSR count). The van der Waals surface area contributed by atoms with Gasteiger partial charge in [-0.1, -0.05) is 19.1 Å². The van der Waals surface area contributed by atoms with Gasteiger partial charge in [-0.15, -0.1) is 0 Å². The average molecular weight is 373 g/mol. The molecule has 1 saturated heterocycles. The van der Waals surface area contributed by atoms with Crippen molar-refractivity contribution in [1.82, 2.24) is 14.9 Å². The molecule has 1 aromatic heterocycles. The summed E-state index contributed by atoms with van der Waals surface area (Å²) in [7, 11) is 0. The first-order chi connectivity index (χ1) is 13.2. The van der Waals surface area contributed by atoms with Crippen molar-refractivity contribution in [3.63, 3.8) is 0 Å². The minimum absolute atomic E-state index is 0.0504. The second kappa shape index (κ2) is 9.85. The molecule has 2 unspecified atom stereocenters. The lowest BCUT2D eigenvalue weighted by molar-refractivity contribution is -0.117. The minimum atomic E-state index is 0.0504. The van der Waals surface area contributed by atoms with E-state index in [9.17, 15) is 4.79 Å². The number of hydrogen-bond donors (Lipinski definition) is 2. The summed E-state index contributed by atoms with van der Waals surface area (Å²) in [5.74, 6) is 1.64. The van der Waals surface area contributed by atoms with Gasteiger partial charge in [-0.05, 0) is 63.2 Å². The number of nitrogens with zero attached hydrogens (tertiary/aromatic N) is 2. The third-order valence-corrected chi connectivity index (χ3v) is 5.43. The number of para-hydroxylation sites is 2. The molecule has 1 aromatic carbocycles. The number of fused-ring (bicyclic) bond motifs is 1. The van der Waals surface area contributed by atoms with Gasteiger partial charge in [-0.25, -0.2) is 4.98 Å². The number of amides is 1. The van der Waals surface area contributed by atoms with E-state index in [1.165, 1.54) is 12.8 Å². The number of ether oxygens (including phenoxy) is 1. The van der Waals surface area contributed by atoms with Gasteiger partial charge in [0, 0.05) is 26.2 Å². The zero-order valence-corrected chi connectivity index (χ0v) is 16.5. The second-order valence-electron chi connectivity index (χ2n) is 7.46. The van der Waals surface area contributed by atoms with Crippen LogP contribution >= 0.6 is 0 Å². The lowest BCUT2D eigenvalue weighted by Gasteiger charge is -2.28. The number of imidazole rings is 1. The van der Waals surface area contributed by atoms with Crippen LogP contribution in [0, 0.1) is 11.8 Å². The lowest BCUT2D eigenvalue weighted by Crippen LogP contribution is -2.34. The van der Waals surface area contributed by atoms with Gasteiger partial charge in [-0.3, -0.25) is 10.1 Å². The van der Waals surface area contributed by atoms with Crippen LogP contribution in [0.2, 0.25) is 0 Å². The van der Waals surface area contributed by atoms with Gasteiger partial charge in [-0.2, -0.15) is 0 Å². The zero-order valence-electron chi connectivity index (χ0n) is 16.5. The molecule has 1 fully saturated rings. The number of piperidine rings is 1. The van der Waals surface area contributed by atoms with Gasteiger partial charge in [0.1, 0.15) is 0 Å². The highest BCUT2D eigenvalue weighted by molar-refractivity contribution is 5.91.